The van der Waals surface area contributed by atoms with Crippen molar-refractivity contribution in [2.75, 3.05) is 7.11 Å². The highest BCUT2D eigenvalue weighted by molar-refractivity contribution is 6.42. The molecule has 0 saturated carbocycles. The number of hydrogen-bond donors (Lipinski definition) is 1. The summed E-state index contributed by atoms with van der Waals surface area (Å²) in [5, 5.41) is 1.04. The van der Waals surface area contributed by atoms with Crippen LogP contribution in [0, 0.1) is 0 Å². The summed E-state index contributed by atoms with van der Waals surface area (Å²) >= 11 is 11.9. The number of halogens is 2. The van der Waals surface area contributed by atoms with Crippen molar-refractivity contribution >= 4 is 23.2 Å². The molecule has 2 aromatic rings. The molecule has 0 amide bonds. The average Bonchev–Trinajstić information content (AvgIpc) is 2.48. The molecule has 0 radical (unpaired) electrons. The van der Waals surface area contributed by atoms with Crippen molar-refractivity contribution < 1.29 is 9.47 Å². The molecule has 2 rings (SSSR count). The highest BCUT2D eigenvalue weighted by Gasteiger charge is 2.09. The molecular formula is C16H17Cl2NO2. The fourth-order valence-electron chi connectivity index (χ4n) is 1.88. The quantitative estimate of drug-likeness (QED) is 0.873. The fourth-order valence-corrected chi connectivity index (χ4v) is 2.20. The first-order valence-electron chi connectivity index (χ1n) is 6.51. The van der Waals surface area contributed by atoms with Gasteiger partial charge in [0.2, 0.25) is 0 Å². The Labute approximate surface area is 134 Å². The first-order chi connectivity index (χ1) is 10.0. The van der Waals surface area contributed by atoms with E-state index in [2.05, 4.69) is 0 Å². The van der Waals surface area contributed by atoms with Gasteiger partial charge in [-0.15, -0.1) is 0 Å². The van der Waals surface area contributed by atoms with Gasteiger partial charge in [-0.1, -0.05) is 35.3 Å². The third-order valence-corrected chi connectivity index (χ3v) is 3.83. The third kappa shape index (κ3) is 4.03. The van der Waals surface area contributed by atoms with E-state index in [0.29, 0.717) is 28.2 Å². The SMILES string of the molecule is COc1cc([C@H](C)N)ccc1OCc1ccc(Cl)c(Cl)c1. The van der Waals surface area contributed by atoms with Crippen LogP contribution < -0.4 is 15.2 Å². The highest BCUT2D eigenvalue weighted by Crippen LogP contribution is 2.31. The van der Waals surface area contributed by atoms with Gasteiger partial charge in [-0.2, -0.15) is 0 Å². The van der Waals surface area contributed by atoms with E-state index in [0.717, 1.165) is 11.1 Å². The summed E-state index contributed by atoms with van der Waals surface area (Å²) in [5.74, 6) is 1.32. The largest absolute Gasteiger partial charge is 0.493 e. The van der Waals surface area contributed by atoms with E-state index in [9.17, 15) is 0 Å². The molecule has 0 aromatic heterocycles. The standard InChI is InChI=1S/C16H17Cl2NO2/c1-10(19)12-4-6-15(16(8-12)20-2)21-9-11-3-5-13(17)14(18)7-11/h3-8,10H,9,19H2,1-2H3/t10-/m0/s1. The molecule has 1 atom stereocenters. The molecular weight excluding hydrogens is 309 g/mol. The lowest BCUT2D eigenvalue weighted by molar-refractivity contribution is 0.284. The van der Waals surface area contributed by atoms with Crippen LogP contribution in [0.15, 0.2) is 36.4 Å². The van der Waals surface area contributed by atoms with Crippen molar-refractivity contribution in [1.29, 1.82) is 0 Å². The number of hydrogen-bond acceptors (Lipinski definition) is 3. The van der Waals surface area contributed by atoms with E-state index in [4.69, 9.17) is 38.4 Å². The molecule has 3 nitrogen and oxygen atoms in total. The number of rotatable bonds is 5. The van der Waals surface area contributed by atoms with Crippen molar-refractivity contribution in [2.24, 2.45) is 5.73 Å². The van der Waals surface area contributed by atoms with Gasteiger partial charge in [-0.05, 0) is 42.3 Å². The molecule has 0 heterocycles. The fraction of sp³-hybridized carbons (Fsp3) is 0.250. The predicted molar refractivity (Wildman–Crippen MR) is 86.4 cm³/mol. The Morgan fingerprint density at radius 1 is 1.05 bits per heavy atom. The van der Waals surface area contributed by atoms with E-state index in [1.54, 1.807) is 19.2 Å². The summed E-state index contributed by atoms with van der Waals surface area (Å²) in [6.45, 7) is 2.30. The molecule has 0 aliphatic carbocycles. The zero-order valence-corrected chi connectivity index (χ0v) is 13.4. The number of benzene rings is 2. The van der Waals surface area contributed by atoms with Crippen molar-refractivity contribution in [3.63, 3.8) is 0 Å². The summed E-state index contributed by atoms with van der Waals surface area (Å²) in [7, 11) is 1.60. The van der Waals surface area contributed by atoms with Gasteiger partial charge < -0.3 is 15.2 Å². The lowest BCUT2D eigenvalue weighted by Gasteiger charge is -2.14. The van der Waals surface area contributed by atoms with Crippen LogP contribution in [-0.2, 0) is 6.61 Å². The minimum Gasteiger partial charge on any atom is -0.493 e. The van der Waals surface area contributed by atoms with Crippen LogP contribution in [0.3, 0.4) is 0 Å². The lowest BCUT2D eigenvalue weighted by Crippen LogP contribution is -2.05. The first-order valence-corrected chi connectivity index (χ1v) is 7.27. The molecule has 0 aliphatic rings. The van der Waals surface area contributed by atoms with Crippen molar-refractivity contribution in [2.45, 2.75) is 19.6 Å². The number of nitrogens with two attached hydrogens (primary N) is 1. The Bertz CT molecular complexity index is 630. The zero-order valence-electron chi connectivity index (χ0n) is 11.9. The minimum atomic E-state index is -0.0528. The Morgan fingerprint density at radius 3 is 2.43 bits per heavy atom. The monoisotopic (exact) mass is 325 g/mol. The summed E-state index contributed by atoms with van der Waals surface area (Å²) in [4.78, 5) is 0. The molecule has 2 N–H and O–H groups in total. The van der Waals surface area contributed by atoms with Gasteiger partial charge >= 0.3 is 0 Å². The predicted octanol–water partition coefficient (Wildman–Crippen LogP) is 4.60. The van der Waals surface area contributed by atoms with E-state index >= 15 is 0 Å². The van der Waals surface area contributed by atoms with E-state index < -0.39 is 0 Å². The molecule has 0 bridgehead atoms. The van der Waals surface area contributed by atoms with Crippen molar-refractivity contribution in [3.05, 3.63) is 57.6 Å². The maximum Gasteiger partial charge on any atom is 0.161 e. The molecule has 0 unspecified atom stereocenters. The Kier molecular flexibility index (Phi) is 5.34. The van der Waals surface area contributed by atoms with Crippen LogP contribution in [-0.4, -0.2) is 7.11 Å². The molecule has 0 spiro atoms. The summed E-state index contributed by atoms with van der Waals surface area (Å²) in [6.07, 6.45) is 0. The van der Waals surface area contributed by atoms with Gasteiger partial charge in [0, 0.05) is 6.04 Å². The van der Waals surface area contributed by atoms with Crippen LogP contribution in [0.5, 0.6) is 11.5 Å². The van der Waals surface area contributed by atoms with Crippen LogP contribution in [0.4, 0.5) is 0 Å². The van der Waals surface area contributed by atoms with Gasteiger partial charge in [-0.3, -0.25) is 0 Å². The maximum atomic E-state index is 5.98. The van der Waals surface area contributed by atoms with Gasteiger partial charge in [0.15, 0.2) is 11.5 Å². The molecule has 2 aromatic carbocycles. The van der Waals surface area contributed by atoms with Crippen molar-refractivity contribution in [1.82, 2.24) is 0 Å². The first kappa shape index (κ1) is 16.0. The second-order valence-electron chi connectivity index (χ2n) is 4.74. The van der Waals surface area contributed by atoms with E-state index in [1.807, 2.05) is 31.2 Å². The molecule has 0 saturated heterocycles. The highest BCUT2D eigenvalue weighted by atomic mass is 35.5. The van der Waals surface area contributed by atoms with Crippen LogP contribution in [0.1, 0.15) is 24.1 Å². The Hall–Kier alpha value is -1.42. The van der Waals surface area contributed by atoms with E-state index in [-0.39, 0.29) is 6.04 Å². The number of methoxy groups -OCH3 is 1. The molecule has 21 heavy (non-hydrogen) atoms. The lowest BCUT2D eigenvalue weighted by atomic mass is 10.1. The van der Waals surface area contributed by atoms with Crippen LogP contribution in [0.2, 0.25) is 10.0 Å². The van der Waals surface area contributed by atoms with Gasteiger partial charge in [0.1, 0.15) is 6.61 Å². The second kappa shape index (κ2) is 7.03. The maximum absolute atomic E-state index is 5.98. The summed E-state index contributed by atoms with van der Waals surface area (Å²) in [6, 6.07) is 11.0. The average molecular weight is 326 g/mol. The van der Waals surface area contributed by atoms with Gasteiger partial charge in [0.25, 0.3) is 0 Å². The minimum absolute atomic E-state index is 0.0528. The van der Waals surface area contributed by atoms with E-state index in [1.165, 1.54) is 0 Å². The number of ether oxygens (including phenoxy) is 2. The normalized spacial score (nSPS) is 12.0. The summed E-state index contributed by atoms with van der Waals surface area (Å²) in [5.41, 5.74) is 7.79. The van der Waals surface area contributed by atoms with Gasteiger partial charge in [-0.25, -0.2) is 0 Å². The molecule has 0 aliphatic heterocycles. The topological polar surface area (TPSA) is 44.5 Å². The Balaban J connectivity index is 2.13. The van der Waals surface area contributed by atoms with Gasteiger partial charge in [0.05, 0.1) is 17.2 Å². The smallest absolute Gasteiger partial charge is 0.161 e. The van der Waals surface area contributed by atoms with Crippen LogP contribution in [0.25, 0.3) is 0 Å². The third-order valence-electron chi connectivity index (χ3n) is 3.09. The van der Waals surface area contributed by atoms with Crippen molar-refractivity contribution in [3.8, 4) is 11.5 Å². The zero-order chi connectivity index (χ0) is 15.4. The molecule has 112 valence electrons. The Morgan fingerprint density at radius 2 is 1.81 bits per heavy atom. The molecule has 5 heteroatoms. The summed E-state index contributed by atoms with van der Waals surface area (Å²) < 4.78 is 11.1. The second-order valence-corrected chi connectivity index (χ2v) is 5.55. The van der Waals surface area contributed by atoms with Crippen LogP contribution >= 0.6 is 23.2 Å². The molecule has 0 fully saturated rings.